The fraction of sp³-hybridized carbons (Fsp3) is 0.250. The molecule has 0 N–H and O–H groups in total. The molecule has 4 heteroatoms. The van der Waals surface area contributed by atoms with Gasteiger partial charge in [0.1, 0.15) is 0 Å². The topological polar surface area (TPSA) is 17.8 Å². The van der Waals surface area contributed by atoms with E-state index in [1.807, 2.05) is 41.3 Å². The van der Waals surface area contributed by atoms with E-state index in [-0.39, 0.29) is 0 Å². The van der Waals surface area contributed by atoms with Crippen molar-refractivity contribution in [2.75, 3.05) is 5.88 Å². The summed E-state index contributed by atoms with van der Waals surface area (Å²) in [5.41, 5.74) is 2.17. The van der Waals surface area contributed by atoms with Gasteiger partial charge in [0, 0.05) is 17.1 Å². The van der Waals surface area contributed by atoms with E-state index in [1.165, 1.54) is 5.56 Å². The quantitative estimate of drug-likeness (QED) is 0.762. The predicted molar refractivity (Wildman–Crippen MR) is 67.6 cm³/mol. The van der Waals surface area contributed by atoms with E-state index in [9.17, 15) is 0 Å². The van der Waals surface area contributed by atoms with Gasteiger partial charge in [-0.2, -0.15) is 5.10 Å². The second kappa shape index (κ2) is 5.37. The van der Waals surface area contributed by atoms with Gasteiger partial charge >= 0.3 is 0 Å². The Hall–Kier alpha value is -0.990. The third-order valence-corrected chi connectivity index (χ3v) is 2.81. The highest BCUT2D eigenvalue weighted by Crippen LogP contribution is 2.15. The molecule has 84 valence electrons. The summed E-state index contributed by atoms with van der Waals surface area (Å²) in [5, 5.41) is 5.01. The van der Waals surface area contributed by atoms with E-state index < -0.39 is 0 Å². The molecule has 0 radical (unpaired) electrons. The first-order valence-electron chi connectivity index (χ1n) is 5.15. The summed E-state index contributed by atoms with van der Waals surface area (Å²) in [6, 6.07) is 7.63. The van der Waals surface area contributed by atoms with Crippen LogP contribution in [0.5, 0.6) is 0 Å². The lowest BCUT2D eigenvalue weighted by Gasteiger charge is -2.00. The summed E-state index contributed by atoms with van der Waals surface area (Å²) >= 11 is 11.6. The van der Waals surface area contributed by atoms with Crippen LogP contribution in [-0.4, -0.2) is 15.7 Å². The molecule has 2 rings (SSSR count). The first-order valence-corrected chi connectivity index (χ1v) is 6.06. The minimum Gasteiger partial charge on any atom is -0.241 e. The molecular weight excluding hydrogens is 243 g/mol. The van der Waals surface area contributed by atoms with Crippen molar-refractivity contribution in [1.82, 2.24) is 9.78 Å². The molecule has 0 amide bonds. The minimum absolute atomic E-state index is 0.683. The Kier molecular flexibility index (Phi) is 3.86. The monoisotopic (exact) mass is 254 g/mol. The zero-order chi connectivity index (χ0) is 11.4. The van der Waals surface area contributed by atoms with Gasteiger partial charge in [0.2, 0.25) is 0 Å². The third-order valence-electron chi connectivity index (χ3n) is 2.31. The van der Waals surface area contributed by atoms with E-state index in [2.05, 4.69) is 5.10 Å². The van der Waals surface area contributed by atoms with Crippen molar-refractivity contribution in [2.45, 2.75) is 12.8 Å². The van der Waals surface area contributed by atoms with Crippen molar-refractivity contribution in [3.63, 3.8) is 0 Å². The number of nitrogens with zero attached hydrogens (tertiary/aromatic N) is 2. The number of halogens is 2. The van der Waals surface area contributed by atoms with Gasteiger partial charge in [-0.15, -0.1) is 11.6 Å². The highest BCUT2D eigenvalue weighted by Gasteiger charge is 2.01. The molecule has 0 aliphatic heterocycles. The molecule has 0 spiro atoms. The molecule has 16 heavy (non-hydrogen) atoms. The number of alkyl halides is 1. The number of hydrogen-bond donors (Lipinski definition) is 0. The highest BCUT2D eigenvalue weighted by atomic mass is 35.5. The Balaban J connectivity index is 2.18. The van der Waals surface area contributed by atoms with E-state index in [0.717, 1.165) is 23.6 Å². The third kappa shape index (κ3) is 2.77. The van der Waals surface area contributed by atoms with Gasteiger partial charge in [0.05, 0.1) is 11.9 Å². The van der Waals surface area contributed by atoms with E-state index >= 15 is 0 Å². The maximum atomic E-state index is 5.93. The molecule has 1 heterocycles. The molecule has 1 aromatic carbocycles. The summed E-state index contributed by atoms with van der Waals surface area (Å²) in [4.78, 5) is 0. The first-order chi connectivity index (χ1) is 7.79. The van der Waals surface area contributed by atoms with Crippen molar-refractivity contribution >= 4 is 23.2 Å². The SMILES string of the molecule is ClCCCc1cnn(-c2cccc(Cl)c2)c1. The van der Waals surface area contributed by atoms with Gasteiger partial charge in [0.15, 0.2) is 0 Å². The van der Waals surface area contributed by atoms with E-state index in [0.29, 0.717) is 5.88 Å². The molecule has 0 bridgehead atoms. The second-order valence-electron chi connectivity index (χ2n) is 3.57. The average molecular weight is 255 g/mol. The Morgan fingerprint density at radius 3 is 2.94 bits per heavy atom. The lowest BCUT2D eigenvalue weighted by atomic mass is 10.2. The van der Waals surface area contributed by atoms with E-state index in [4.69, 9.17) is 23.2 Å². The Bertz CT molecular complexity index is 466. The van der Waals surface area contributed by atoms with Crippen LogP contribution in [0.15, 0.2) is 36.7 Å². The van der Waals surface area contributed by atoms with Crippen LogP contribution in [0.2, 0.25) is 5.02 Å². The van der Waals surface area contributed by atoms with Crippen molar-refractivity contribution in [3.8, 4) is 5.69 Å². The fourth-order valence-electron chi connectivity index (χ4n) is 1.52. The standard InChI is InChI=1S/C12H12Cl2N2/c13-6-2-3-10-8-15-16(9-10)12-5-1-4-11(14)7-12/h1,4-5,7-9H,2-3,6H2. The second-order valence-corrected chi connectivity index (χ2v) is 4.38. The molecule has 0 fully saturated rings. The van der Waals surface area contributed by atoms with Crippen LogP contribution in [0, 0.1) is 0 Å². The Morgan fingerprint density at radius 1 is 1.31 bits per heavy atom. The molecule has 0 unspecified atom stereocenters. The smallest absolute Gasteiger partial charge is 0.0660 e. The number of aryl methyl sites for hydroxylation is 1. The van der Waals surface area contributed by atoms with Crippen LogP contribution in [0.25, 0.3) is 5.69 Å². The summed E-state index contributed by atoms with van der Waals surface area (Å²) < 4.78 is 1.83. The molecule has 2 aromatic rings. The summed E-state index contributed by atoms with van der Waals surface area (Å²) in [6.45, 7) is 0. The zero-order valence-corrected chi connectivity index (χ0v) is 10.2. The lowest BCUT2D eigenvalue weighted by molar-refractivity contribution is 0.877. The lowest BCUT2D eigenvalue weighted by Crippen LogP contribution is -1.93. The summed E-state index contributed by atoms with van der Waals surface area (Å²) in [5.74, 6) is 0.683. The maximum absolute atomic E-state index is 5.93. The largest absolute Gasteiger partial charge is 0.241 e. The fourth-order valence-corrected chi connectivity index (χ4v) is 1.84. The molecule has 0 aliphatic rings. The number of rotatable bonds is 4. The van der Waals surface area contributed by atoms with Gasteiger partial charge in [-0.3, -0.25) is 0 Å². The molecule has 0 saturated carbocycles. The average Bonchev–Trinajstić information content (AvgIpc) is 2.75. The van der Waals surface area contributed by atoms with Crippen molar-refractivity contribution < 1.29 is 0 Å². The van der Waals surface area contributed by atoms with Crippen molar-refractivity contribution in [2.24, 2.45) is 0 Å². The molecule has 1 aromatic heterocycles. The number of hydrogen-bond acceptors (Lipinski definition) is 1. The molecular formula is C12H12Cl2N2. The summed E-state index contributed by atoms with van der Waals surface area (Å²) in [6.07, 6.45) is 5.82. The van der Waals surface area contributed by atoms with Crippen LogP contribution in [0.1, 0.15) is 12.0 Å². The zero-order valence-electron chi connectivity index (χ0n) is 8.74. The molecule has 0 saturated heterocycles. The van der Waals surface area contributed by atoms with Crippen LogP contribution >= 0.6 is 23.2 Å². The van der Waals surface area contributed by atoms with Gasteiger partial charge in [0.25, 0.3) is 0 Å². The van der Waals surface area contributed by atoms with Crippen LogP contribution in [-0.2, 0) is 6.42 Å². The van der Waals surface area contributed by atoms with E-state index in [1.54, 1.807) is 0 Å². The normalized spacial score (nSPS) is 10.6. The predicted octanol–water partition coefficient (Wildman–Crippen LogP) is 3.70. The molecule has 2 nitrogen and oxygen atoms in total. The number of aromatic nitrogens is 2. The van der Waals surface area contributed by atoms with Gasteiger partial charge in [-0.1, -0.05) is 17.7 Å². The van der Waals surface area contributed by atoms with Gasteiger partial charge < -0.3 is 0 Å². The van der Waals surface area contributed by atoms with Crippen LogP contribution in [0.4, 0.5) is 0 Å². The highest BCUT2D eigenvalue weighted by molar-refractivity contribution is 6.30. The molecule has 0 atom stereocenters. The van der Waals surface area contributed by atoms with Crippen LogP contribution < -0.4 is 0 Å². The maximum Gasteiger partial charge on any atom is 0.0660 e. The van der Waals surface area contributed by atoms with Crippen LogP contribution in [0.3, 0.4) is 0 Å². The number of benzene rings is 1. The first kappa shape index (κ1) is 11.5. The summed E-state index contributed by atoms with van der Waals surface area (Å²) in [7, 11) is 0. The minimum atomic E-state index is 0.683. The van der Waals surface area contributed by atoms with Gasteiger partial charge in [-0.25, -0.2) is 4.68 Å². The Labute approximate surface area is 105 Å². The Morgan fingerprint density at radius 2 is 2.19 bits per heavy atom. The van der Waals surface area contributed by atoms with Gasteiger partial charge in [-0.05, 0) is 36.6 Å². The molecule has 0 aliphatic carbocycles. The van der Waals surface area contributed by atoms with Crippen molar-refractivity contribution in [1.29, 1.82) is 0 Å². The van der Waals surface area contributed by atoms with Crippen molar-refractivity contribution in [3.05, 3.63) is 47.2 Å².